The molecule has 0 atom stereocenters. The van der Waals surface area contributed by atoms with Crippen molar-refractivity contribution in [2.24, 2.45) is 0 Å². The maximum atomic E-state index is 10.9. The lowest BCUT2D eigenvalue weighted by Gasteiger charge is -2.07. The Morgan fingerprint density at radius 1 is 1.50 bits per heavy atom. The number of methoxy groups -OCH3 is 1. The van der Waals surface area contributed by atoms with Gasteiger partial charge in [0.1, 0.15) is 0 Å². The van der Waals surface area contributed by atoms with E-state index in [4.69, 9.17) is 4.74 Å². The highest BCUT2D eigenvalue weighted by molar-refractivity contribution is 8.13. The van der Waals surface area contributed by atoms with Crippen molar-refractivity contribution in [2.75, 3.05) is 12.9 Å². The van der Waals surface area contributed by atoms with Gasteiger partial charge in [-0.1, -0.05) is 30.0 Å². The van der Waals surface area contributed by atoms with Crippen LogP contribution in [-0.2, 0) is 4.79 Å². The lowest BCUT2D eigenvalue weighted by molar-refractivity contribution is -0.109. The van der Waals surface area contributed by atoms with E-state index in [9.17, 15) is 14.7 Å². The van der Waals surface area contributed by atoms with Crippen molar-refractivity contribution in [2.45, 2.75) is 6.92 Å². The topological polar surface area (TPSA) is 63.6 Å². The molecule has 0 radical (unpaired) electrons. The molecule has 0 aliphatic heterocycles. The molecular formula is C13H14O4S. The molecule has 0 bridgehead atoms. The summed E-state index contributed by atoms with van der Waals surface area (Å²) in [6.07, 6.45) is 4.04. The standard InChI is InChI=1S/C13H14O4S/c1-9(15)18-7-3-4-10-5-6-12(17-2)13(16)11(10)8-14/h3-6,8,16H,7H2,1-2H3. The zero-order valence-electron chi connectivity index (χ0n) is 10.2. The number of hydrogen-bond donors (Lipinski definition) is 1. The second-order valence-electron chi connectivity index (χ2n) is 3.44. The van der Waals surface area contributed by atoms with Crippen molar-refractivity contribution in [3.8, 4) is 11.5 Å². The molecular weight excluding hydrogens is 252 g/mol. The van der Waals surface area contributed by atoms with Gasteiger partial charge in [-0.3, -0.25) is 9.59 Å². The van der Waals surface area contributed by atoms with Crippen LogP contribution in [0.3, 0.4) is 0 Å². The summed E-state index contributed by atoms with van der Waals surface area (Å²) in [5.41, 5.74) is 0.769. The largest absolute Gasteiger partial charge is 0.504 e. The van der Waals surface area contributed by atoms with Crippen LogP contribution >= 0.6 is 11.8 Å². The number of carbonyl (C=O) groups is 2. The zero-order valence-corrected chi connectivity index (χ0v) is 11.0. The molecule has 5 heteroatoms. The fourth-order valence-electron chi connectivity index (χ4n) is 1.38. The van der Waals surface area contributed by atoms with E-state index in [1.165, 1.54) is 25.8 Å². The van der Waals surface area contributed by atoms with Crippen molar-refractivity contribution in [3.05, 3.63) is 29.3 Å². The monoisotopic (exact) mass is 266 g/mol. The summed E-state index contributed by atoms with van der Waals surface area (Å²) in [4.78, 5) is 21.7. The highest BCUT2D eigenvalue weighted by atomic mass is 32.2. The number of carbonyl (C=O) groups excluding carboxylic acids is 2. The van der Waals surface area contributed by atoms with Crippen LogP contribution in [0.15, 0.2) is 18.2 Å². The van der Waals surface area contributed by atoms with Gasteiger partial charge in [0, 0.05) is 12.7 Å². The number of benzene rings is 1. The molecule has 1 N–H and O–H groups in total. The third-order valence-electron chi connectivity index (χ3n) is 2.23. The van der Waals surface area contributed by atoms with Gasteiger partial charge in [0.2, 0.25) is 0 Å². The molecule has 0 aromatic heterocycles. The Labute approximate surface area is 110 Å². The van der Waals surface area contributed by atoms with E-state index in [0.29, 0.717) is 17.6 Å². The first-order chi connectivity index (χ1) is 8.60. The number of aromatic hydroxyl groups is 1. The van der Waals surface area contributed by atoms with E-state index in [0.717, 1.165) is 0 Å². The SMILES string of the molecule is COc1ccc(C=CCSC(C)=O)c(C=O)c1O. The first-order valence-electron chi connectivity index (χ1n) is 5.25. The molecule has 0 spiro atoms. The van der Waals surface area contributed by atoms with E-state index < -0.39 is 0 Å². The predicted octanol–water partition coefficient (Wildman–Crippen LogP) is 2.51. The summed E-state index contributed by atoms with van der Waals surface area (Å²) < 4.78 is 4.92. The Morgan fingerprint density at radius 2 is 2.22 bits per heavy atom. The van der Waals surface area contributed by atoms with Gasteiger partial charge in [-0.2, -0.15) is 0 Å². The van der Waals surface area contributed by atoms with Crippen molar-refractivity contribution < 1.29 is 19.4 Å². The Morgan fingerprint density at radius 3 is 2.78 bits per heavy atom. The van der Waals surface area contributed by atoms with E-state index in [1.54, 1.807) is 24.3 Å². The first kappa shape index (κ1) is 14.3. The minimum absolute atomic E-state index is 0.0350. The molecule has 1 aromatic carbocycles. The fourth-order valence-corrected chi connectivity index (χ4v) is 1.81. The Bertz CT molecular complexity index is 480. The number of phenolic OH excluding ortho intramolecular Hbond substituents is 1. The quantitative estimate of drug-likeness (QED) is 0.830. The van der Waals surface area contributed by atoms with E-state index in [1.807, 2.05) is 0 Å². The van der Waals surface area contributed by atoms with Gasteiger partial charge in [0.15, 0.2) is 22.9 Å². The van der Waals surface area contributed by atoms with Gasteiger partial charge in [0.05, 0.1) is 12.7 Å². The summed E-state index contributed by atoms with van der Waals surface area (Å²) in [7, 11) is 1.42. The average molecular weight is 266 g/mol. The minimum Gasteiger partial charge on any atom is -0.504 e. The number of hydrogen-bond acceptors (Lipinski definition) is 5. The highest BCUT2D eigenvalue weighted by Gasteiger charge is 2.10. The number of thioether (sulfide) groups is 1. The molecule has 0 saturated heterocycles. The van der Waals surface area contributed by atoms with Crippen LogP contribution in [0.1, 0.15) is 22.8 Å². The molecule has 0 saturated carbocycles. The minimum atomic E-state index is -0.172. The molecule has 0 unspecified atom stereocenters. The number of aldehydes is 1. The fraction of sp³-hybridized carbons (Fsp3) is 0.231. The summed E-state index contributed by atoms with van der Waals surface area (Å²) in [6.45, 7) is 1.49. The van der Waals surface area contributed by atoms with Crippen LogP contribution in [0.2, 0.25) is 0 Å². The van der Waals surface area contributed by atoms with E-state index in [2.05, 4.69) is 0 Å². The predicted molar refractivity (Wildman–Crippen MR) is 72.2 cm³/mol. The van der Waals surface area contributed by atoms with Gasteiger partial charge >= 0.3 is 0 Å². The maximum Gasteiger partial charge on any atom is 0.186 e. The van der Waals surface area contributed by atoms with E-state index in [-0.39, 0.29) is 22.2 Å². The van der Waals surface area contributed by atoms with Crippen LogP contribution in [0, 0.1) is 0 Å². The molecule has 0 heterocycles. The van der Waals surface area contributed by atoms with Crippen molar-refractivity contribution in [1.29, 1.82) is 0 Å². The lowest BCUT2D eigenvalue weighted by atomic mass is 10.1. The van der Waals surface area contributed by atoms with Gasteiger partial charge < -0.3 is 9.84 Å². The maximum absolute atomic E-state index is 10.9. The molecule has 0 aliphatic rings. The molecule has 1 aromatic rings. The Balaban J connectivity index is 2.92. The summed E-state index contributed by atoms with van der Waals surface area (Å²) in [6, 6.07) is 3.26. The molecule has 0 aliphatic carbocycles. The first-order valence-corrected chi connectivity index (χ1v) is 6.23. The van der Waals surface area contributed by atoms with Crippen molar-refractivity contribution >= 4 is 29.2 Å². The third-order valence-corrected chi connectivity index (χ3v) is 3.00. The van der Waals surface area contributed by atoms with Crippen LogP contribution < -0.4 is 4.74 Å². The molecule has 4 nitrogen and oxygen atoms in total. The van der Waals surface area contributed by atoms with Crippen LogP contribution in [-0.4, -0.2) is 29.4 Å². The number of ether oxygens (including phenoxy) is 1. The Hall–Kier alpha value is -1.75. The molecule has 96 valence electrons. The van der Waals surface area contributed by atoms with Crippen LogP contribution in [0.4, 0.5) is 0 Å². The second kappa shape index (κ2) is 6.86. The molecule has 1 rings (SSSR count). The van der Waals surface area contributed by atoms with Gasteiger partial charge in [-0.15, -0.1) is 0 Å². The van der Waals surface area contributed by atoms with Gasteiger partial charge in [-0.05, 0) is 11.6 Å². The summed E-state index contributed by atoms with van der Waals surface area (Å²) in [5.74, 6) is 0.613. The van der Waals surface area contributed by atoms with Gasteiger partial charge in [0.25, 0.3) is 0 Å². The summed E-state index contributed by atoms with van der Waals surface area (Å²) in [5, 5.41) is 9.80. The Kier molecular flexibility index (Phi) is 5.45. The van der Waals surface area contributed by atoms with E-state index >= 15 is 0 Å². The van der Waals surface area contributed by atoms with Crippen molar-refractivity contribution in [1.82, 2.24) is 0 Å². The normalized spacial score (nSPS) is 10.6. The van der Waals surface area contributed by atoms with Crippen molar-refractivity contribution in [3.63, 3.8) is 0 Å². The summed E-state index contributed by atoms with van der Waals surface area (Å²) >= 11 is 1.17. The lowest BCUT2D eigenvalue weighted by Crippen LogP contribution is -1.92. The molecule has 18 heavy (non-hydrogen) atoms. The van der Waals surface area contributed by atoms with Crippen LogP contribution in [0.25, 0.3) is 6.08 Å². The number of rotatable bonds is 5. The second-order valence-corrected chi connectivity index (χ2v) is 4.64. The number of phenols is 1. The molecule has 0 amide bonds. The average Bonchev–Trinajstić information content (AvgIpc) is 2.34. The molecule has 0 fully saturated rings. The third kappa shape index (κ3) is 3.63. The zero-order chi connectivity index (χ0) is 13.5. The van der Waals surface area contributed by atoms with Crippen LogP contribution in [0.5, 0.6) is 11.5 Å². The van der Waals surface area contributed by atoms with Gasteiger partial charge in [-0.25, -0.2) is 0 Å². The highest BCUT2D eigenvalue weighted by Crippen LogP contribution is 2.31. The smallest absolute Gasteiger partial charge is 0.186 e.